The van der Waals surface area contributed by atoms with E-state index in [2.05, 4.69) is 332 Å². The van der Waals surface area contributed by atoms with Gasteiger partial charge in [-0.3, -0.25) is 0 Å². The average Bonchev–Trinajstić information content (AvgIpc) is 1.50. The lowest BCUT2D eigenvalue weighted by atomic mass is 9.62. The number of nitrogens with zero attached hydrogens (tertiary/aromatic N) is 1. The van der Waals surface area contributed by atoms with Crippen LogP contribution in [-0.2, 0) is 27.1 Å². The Morgan fingerprint density at radius 2 is 0.675 bits per heavy atom. The van der Waals surface area contributed by atoms with E-state index >= 15 is 0 Å². The summed E-state index contributed by atoms with van der Waals surface area (Å²) in [6, 6.07) is 109. The summed E-state index contributed by atoms with van der Waals surface area (Å²) < 4.78 is 14.6. The van der Waals surface area contributed by atoms with E-state index in [1.165, 1.54) is 245 Å². The molecule has 0 atom stereocenters. The second-order valence-corrected chi connectivity index (χ2v) is 36.1. The lowest BCUT2D eigenvalue weighted by Crippen LogP contribution is -2.33. The highest BCUT2D eigenvalue weighted by Gasteiger charge is 2.56. The van der Waals surface area contributed by atoms with E-state index in [0.29, 0.717) is 0 Å². The fourth-order valence-electron chi connectivity index (χ4n) is 23.0. The van der Waals surface area contributed by atoms with Crippen molar-refractivity contribution >= 4 is 60.9 Å². The van der Waals surface area contributed by atoms with Crippen LogP contribution in [0, 0.1) is 0 Å². The van der Waals surface area contributed by atoms with Crippen molar-refractivity contribution in [2.75, 3.05) is 4.90 Å². The molecule has 15 aromatic rings. The molecule has 0 saturated carbocycles. The lowest BCUT2D eigenvalue weighted by Gasteiger charge is -2.40. The SMILES string of the molecule is CCCCCCCC1(CCCCCCC)c2ccccc2-c2c1c1c(c3c2oc2ccccc23)-c2ccc(N(c3ccc(C(C)(C)C)cc3)c3ccc4c(c3)C(c3ccccc3)(c3ccccc3)c3cc5c(cc3-4)C(c3ccccc3)(c3ccccc3)c3ccc4oc6ccccc6c4c3-5)cc2C1(CCCCCCC)CCCCCCC. The van der Waals surface area contributed by atoms with Crippen LogP contribution in [-0.4, -0.2) is 0 Å². The molecular weight excluding hydrogens is 1420 g/mol. The van der Waals surface area contributed by atoms with E-state index in [1.807, 2.05) is 0 Å². The second-order valence-electron chi connectivity index (χ2n) is 36.1. The zero-order valence-corrected chi connectivity index (χ0v) is 70.3. The van der Waals surface area contributed by atoms with Gasteiger partial charge in [0.1, 0.15) is 22.3 Å². The molecule has 0 fully saturated rings. The second kappa shape index (κ2) is 31.6. The molecule has 3 nitrogen and oxygen atoms in total. The maximum absolute atomic E-state index is 7.68. The molecule has 0 N–H and O–H groups in total. The van der Waals surface area contributed by atoms with Gasteiger partial charge in [-0.2, -0.15) is 0 Å². The summed E-state index contributed by atoms with van der Waals surface area (Å²) in [5, 5.41) is 4.85. The molecule has 4 aliphatic rings. The quantitative estimate of drug-likeness (QED) is 0.0406. The van der Waals surface area contributed by atoms with E-state index in [0.717, 1.165) is 70.2 Å². The van der Waals surface area contributed by atoms with E-state index < -0.39 is 10.8 Å². The summed E-state index contributed by atoms with van der Waals surface area (Å²) in [5.41, 5.74) is 33.7. The van der Waals surface area contributed by atoms with Crippen LogP contribution in [0.25, 0.3) is 88.4 Å². The van der Waals surface area contributed by atoms with Crippen LogP contribution in [0.4, 0.5) is 17.1 Å². The smallest absolute Gasteiger partial charge is 0.144 e. The molecule has 13 aromatic carbocycles. The predicted molar refractivity (Wildman–Crippen MR) is 495 cm³/mol. The van der Waals surface area contributed by atoms with Crippen molar-refractivity contribution in [3.63, 3.8) is 0 Å². The Hall–Kier alpha value is -10.7. The minimum atomic E-state index is -0.781. The molecule has 3 heteroatoms. The third-order valence-electron chi connectivity index (χ3n) is 28.3. The van der Waals surface area contributed by atoms with Gasteiger partial charge in [0.05, 0.1) is 10.8 Å². The van der Waals surface area contributed by atoms with Crippen LogP contribution in [0.1, 0.15) is 275 Å². The van der Waals surface area contributed by atoms with Crippen molar-refractivity contribution in [1.82, 2.24) is 0 Å². The van der Waals surface area contributed by atoms with Crippen LogP contribution < -0.4 is 4.90 Å². The molecule has 588 valence electrons. The Kier molecular flexibility index (Phi) is 20.6. The standard InChI is InChI=1S/C114H115NO2/c1-8-12-16-20-42-70-111(71-43-21-17-13-9-2)93-57-39-36-54-87(93)106-108(111)107-104(105-90-56-38-41-59-100(90)117-109(105)106)88-67-65-84(74-95(88)112(107,72-44-22-18-14-10-3)73-45-23-19-15-11-4)115(83-62-60-78(61-63-83)110(5,6)7)85-64-66-86-91-76-98-92(77-97(91)114(96(86)75-85,81-50-32-26-33-51-81)82-52-34-27-35-53-82)102-94(68-69-101-103(102)89-55-37-40-58-99(89)116-101)113(98,79-46-28-24-29-47-79)80-48-30-25-31-49-80/h24-41,46-69,74-77H,8-23,42-45,70-73H2,1-7H3. The van der Waals surface area contributed by atoms with Crippen LogP contribution in [0.15, 0.2) is 288 Å². The summed E-state index contributed by atoms with van der Waals surface area (Å²) in [5.74, 6) is 0. The lowest BCUT2D eigenvalue weighted by molar-refractivity contribution is 0.369. The summed E-state index contributed by atoms with van der Waals surface area (Å²) in [4.78, 5) is 2.68. The molecule has 0 saturated heterocycles. The van der Waals surface area contributed by atoms with Gasteiger partial charge in [0.25, 0.3) is 0 Å². The molecule has 2 heterocycles. The molecule has 0 radical (unpaired) electrons. The number of benzene rings is 13. The zero-order valence-electron chi connectivity index (χ0n) is 70.3. The van der Waals surface area contributed by atoms with Gasteiger partial charge in [0.15, 0.2) is 0 Å². The number of rotatable bonds is 31. The van der Waals surface area contributed by atoms with E-state index in [-0.39, 0.29) is 16.2 Å². The topological polar surface area (TPSA) is 29.5 Å². The Morgan fingerprint density at radius 1 is 0.274 bits per heavy atom. The average molecular weight is 1530 g/mol. The van der Waals surface area contributed by atoms with Crippen molar-refractivity contribution in [2.24, 2.45) is 0 Å². The highest BCUT2D eigenvalue weighted by Crippen LogP contribution is 2.69. The van der Waals surface area contributed by atoms with Crippen molar-refractivity contribution in [3.05, 3.63) is 351 Å². The van der Waals surface area contributed by atoms with Crippen molar-refractivity contribution < 1.29 is 8.83 Å². The van der Waals surface area contributed by atoms with Gasteiger partial charge >= 0.3 is 0 Å². The van der Waals surface area contributed by atoms with Gasteiger partial charge in [0.2, 0.25) is 0 Å². The normalized spacial score (nSPS) is 14.7. The van der Waals surface area contributed by atoms with E-state index in [9.17, 15) is 0 Å². The summed E-state index contributed by atoms with van der Waals surface area (Å²) >= 11 is 0. The Balaban J connectivity index is 0.891. The first-order valence-corrected chi connectivity index (χ1v) is 45.2. The van der Waals surface area contributed by atoms with Crippen LogP contribution in [0.3, 0.4) is 0 Å². The van der Waals surface area contributed by atoms with E-state index in [1.54, 1.807) is 16.7 Å². The minimum Gasteiger partial charge on any atom is -0.456 e. The number of anilines is 3. The number of fused-ring (bicyclic) bond motifs is 22. The monoisotopic (exact) mass is 1530 g/mol. The van der Waals surface area contributed by atoms with Gasteiger partial charge in [-0.15, -0.1) is 0 Å². The molecular formula is C114H115NO2. The van der Waals surface area contributed by atoms with Gasteiger partial charge in [-0.1, -0.05) is 389 Å². The number of unbranched alkanes of at least 4 members (excludes halogenated alkanes) is 16. The molecule has 0 amide bonds. The van der Waals surface area contributed by atoms with Gasteiger partial charge in [-0.25, -0.2) is 0 Å². The molecule has 4 aliphatic carbocycles. The van der Waals surface area contributed by atoms with Crippen molar-refractivity contribution in [2.45, 2.75) is 230 Å². The molecule has 0 spiro atoms. The predicted octanol–water partition coefficient (Wildman–Crippen LogP) is 33.0. The fourth-order valence-corrected chi connectivity index (χ4v) is 23.0. The summed E-state index contributed by atoms with van der Waals surface area (Å²) in [7, 11) is 0. The van der Waals surface area contributed by atoms with E-state index in [4.69, 9.17) is 8.83 Å². The first-order valence-electron chi connectivity index (χ1n) is 45.2. The van der Waals surface area contributed by atoms with Crippen molar-refractivity contribution in [3.8, 4) is 44.5 Å². The third-order valence-corrected chi connectivity index (χ3v) is 28.3. The van der Waals surface area contributed by atoms with Crippen LogP contribution in [0.5, 0.6) is 0 Å². The minimum absolute atomic E-state index is 0.0560. The van der Waals surface area contributed by atoms with Gasteiger partial charge in [-0.05, 0) is 209 Å². The first kappa shape index (κ1) is 76.2. The number of hydrogen-bond donors (Lipinski definition) is 0. The fraction of sp³-hybridized carbons (Fsp3) is 0.316. The molecule has 2 aromatic heterocycles. The Bertz CT molecular complexity index is 6020. The molecule has 0 aliphatic heterocycles. The van der Waals surface area contributed by atoms with Crippen LogP contribution in [0.2, 0.25) is 0 Å². The first-order chi connectivity index (χ1) is 57.5. The van der Waals surface area contributed by atoms with Gasteiger partial charge in [0, 0.05) is 55.0 Å². The summed E-state index contributed by atoms with van der Waals surface area (Å²) in [6.45, 7) is 16.6. The molecule has 19 rings (SSSR count). The largest absolute Gasteiger partial charge is 0.456 e. The van der Waals surface area contributed by atoms with Crippen LogP contribution >= 0.6 is 0 Å². The number of hydrogen-bond acceptors (Lipinski definition) is 3. The molecule has 0 bridgehead atoms. The molecule has 117 heavy (non-hydrogen) atoms. The van der Waals surface area contributed by atoms with Gasteiger partial charge < -0.3 is 13.7 Å². The maximum Gasteiger partial charge on any atom is 0.144 e. The Labute approximate surface area is 695 Å². The number of furan rings is 2. The highest BCUT2D eigenvalue weighted by molar-refractivity contribution is 6.21. The number of para-hydroxylation sites is 2. The Morgan fingerprint density at radius 3 is 1.21 bits per heavy atom. The maximum atomic E-state index is 7.68. The highest BCUT2D eigenvalue weighted by atomic mass is 16.3. The van der Waals surface area contributed by atoms with Crippen molar-refractivity contribution in [1.29, 1.82) is 0 Å². The molecule has 0 unspecified atom stereocenters. The summed E-state index contributed by atoms with van der Waals surface area (Å²) in [6.07, 6.45) is 29.3. The zero-order chi connectivity index (χ0) is 79.5. The third kappa shape index (κ3) is 12.4.